The number of aromatic nitrogens is 1. The van der Waals surface area contributed by atoms with Crippen molar-refractivity contribution in [3.63, 3.8) is 0 Å². The fourth-order valence-corrected chi connectivity index (χ4v) is 4.29. The minimum atomic E-state index is -0.0157. The third-order valence-electron chi connectivity index (χ3n) is 6.18. The van der Waals surface area contributed by atoms with Crippen molar-refractivity contribution in [3.8, 4) is 17.8 Å². The van der Waals surface area contributed by atoms with Gasteiger partial charge in [-0.05, 0) is 58.4 Å². The summed E-state index contributed by atoms with van der Waals surface area (Å²) in [6.45, 7) is 20.9. The number of fused-ring (bicyclic) bond motifs is 3. The quantitative estimate of drug-likeness (QED) is 0.291. The van der Waals surface area contributed by atoms with E-state index in [1.165, 1.54) is 11.1 Å². The Morgan fingerprint density at radius 2 is 1.27 bits per heavy atom. The lowest BCUT2D eigenvalue weighted by Gasteiger charge is -2.19. The molecule has 4 heteroatoms. The van der Waals surface area contributed by atoms with E-state index in [4.69, 9.17) is 6.57 Å². The van der Waals surface area contributed by atoms with Gasteiger partial charge in [0.2, 0.25) is 5.69 Å². The molecule has 0 saturated heterocycles. The van der Waals surface area contributed by atoms with Gasteiger partial charge in [-0.25, -0.2) is 4.85 Å². The summed E-state index contributed by atoms with van der Waals surface area (Å²) < 4.78 is 2.01. The van der Waals surface area contributed by atoms with Crippen molar-refractivity contribution in [2.75, 3.05) is 0 Å². The van der Waals surface area contributed by atoms with Crippen molar-refractivity contribution in [2.24, 2.45) is 0 Å². The minimum absolute atomic E-state index is 0.0157. The van der Waals surface area contributed by atoms with E-state index in [0.717, 1.165) is 21.8 Å². The molecular formula is C29H26N4. The van der Waals surface area contributed by atoms with Crippen LogP contribution in [0, 0.1) is 29.2 Å². The smallest absolute Gasteiger partial charge is 0.213 e. The van der Waals surface area contributed by atoms with Gasteiger partial charge in [-0.1, -0.05) is 53.7 Å². The van der Waals surface area contributed by atoms with E-state index in [2.05, 4.69) is 94.9 Å². The second-order valence-corrected chi connectivity index (χ2v) is 10.5. The van der Waals surface area contributed by atoms with Crippen LogP contribution in [-0.4, -0.2) is 4.57 Å². The molecule has 0 spiro atoms. The van der Waals surface area contributed by atoms with Gasteiger partial charge in [0, 0.05) is 16.3 Å². The molecule has 162 valence electrons. The first kappa shape index (κ1) is 22.1. The molecule has 0 aliphatic rings. The topological polar surface area (TPSA) is 56.9 Å². The third-order valence-corrected chi connectivity index (χ3v) is 6.18. The van der Waals surface area contributed by atoms with Crippen molar-refractivity contribution < 1.29 is 0 Å². The molecule has 0 radical (unpaired) electrons. The van der Waals surface area contributed by atoms with Crippen LogP contribution in [0.2, 0.25) is 0 Å². The zero-order valence-electron chi connectivity index (χ0n) is 19.9. The summed E-state index contributed by atoms with van der Waals surface area (Å²) in [5.41, 5.74) is 5.75. The lowest BCUT2D eigenvalue weighted by Crippen LogP contribution is -2.10. The molecule has 0 aliphatic heterocycles. The van der Waals surface area contributed by atoms with Crippen LogP contribution in [0.5, 0.6) is 0 Å². The molecule has 1 aromatic heterocycles. The Bertz CT molecular complexity index is 1440. The van der Waals surface area contributed by atoms with Gasteiger partial charge in [-0.15, -0.1) is 0 Å². The van der Waals surface area contributed by atoms with Gasteiger partial charge < -0.3 is 4.57 Å². The highest BCUT2D eigenvalue weighted by atomic mass is 15.0. The van der Waals surface area contributed by atoms with Crippen LogP contribution in [0.25, 0.3) is 32.3 Å². The largest absolute Gasteiger partial charge is 0.318 e. The van der Waals surface area contributed by atoms with E-state index in [9.17, 15) is 10.5 Å². The van der Waals surface area contributed by atoms with Crippen LogP contribution in [-0.2, 0) is 10.8 Å². The fraction of sp³-hybridized carbons (Fsp3) is 0.276. The number of nitriles is 2. The predicted molar refractivity (Wildman–Crippen MR) is 134 cm³/mol. The van der Waals surface area contributed by atoms with Gasteiger partial charge in [-0.2, -0.15) is 10.5 Å². The first-order valence-electron chi connectivity index (χ1n) is 10.9. The van der Waals surface area contributed by atoms with Gasteiger partial charge in [0.1, 0.15) is 0 Å². The van der Waals surface area contributed by atoms with E-state index in [1.54, 1.807) is 12.1 Å². The molecule has 0 atom stereocenters. The van der Waals surface area contributed by atoms with Gasteiger partial charge in [0.25, 0.3) is 0 Å². The van der Waals surface area contributed by atoms with E-state index >= 15 is 0 Å². The summed E-state index contributed by atoms with van der Waals surface area (Å²) in [6, 6.07) is 20.3. The van der Waals surface area contributed by atoms with Crippen LogP contribution in [0.3, 0.4) is 0 Å². The van der Waals surface area contributed by atoms with Crippen molar-refractivity contribution in [1.29, 1.82) is 10.5 Å². The maximum atomic E-state index is 9.93. The molecule has 33 heavy (non-hydrogen) atoms. The SMILES string of the molecule is [C-]#[N+]c1cc(C#N)cc(C#N)c1-n1c2ccc(C(C)(C)C)cc2c2cc(C(C)(C)C)ccc21. The number of rotatable bonds is 1. The lowest BCUT2D eigenvalue weighted by atomic mass is 9.85. The molecular weight excluding hydrogens is 404 g/mol. The summed E-state index contributed by atoms with van der Waals surface area (Å²) >= 11 is 0. The second-order valence-electron chi connectivity index (χ2n) is 10.5. The van der Waals surface area contributed by atoms with Crippen molar-refractivity contribution in [1.82, 2.24) is 4.57 Å². The molecule has 3 aromatic carbocycles. The van der Waals surface area contributed by atoms with Crippen LogP contribution in [0.15, 0.2) is 48.5 Å². The average Bonchev–Trinajstić information content (AvgIpc) is 3.09. The Kier molecular flexibility index (Phi) is 5.04. The Hall–Kier alpha value is -4.07. The van der Waals surface area contributed by atoms with Gasteiger partial charge in [0.05, 0.1) is 41.0 Å². The molecule has 0 fully saturated rings. The van der Waals surface area contributed by atoms with Crippen molar-refractivity contribution >= 4 is 27.5 Å². The molecule has 0 aliphatic carbocycles. The second kappa shape index (κ2) is 7.51. The zero-order valence-corrected chi connectivity index (χ0v) is 19.9. The zero-order chi connectivity index (χ0) is 24.1. The normalized spacial score (nSPS) is 11.8. The summed E-state index contributed by atoms with van der Waals surface area (Å²) in [7, 11) is 0. The Labute approximate surface area is 195 Å². The average molecular weight is 431 g/mol. The van der Waals surface area contributed by atoms with Gasteiger partial charge in [-0.3, -0.25) is 0 Å². The molecule has 0 N–H and O–H groups in total. The first-order chi connectivity index (χ1) is 15.5. The third kappa shape index (κ3) is 3.63. The van der Waals surface area contributed by atoms with Crippen LogP contribution >= 0.6 is 0 Å². The summed E-state index contributed by atoms with van der Waals surface area (Å²) in [5, 5.41) is 21.5. The van der Waals surface area contributed by atoms with Crippen molar-refractivity contribution in [3.05, 3.63) is 82.2 Å². The summed E-state index contributed by atoms with van der Waals surface area (Å²) in [4.78, 5) is 3.70. The highest BCUT2D eigenvalue weighted by Gasteiger charge is 2.23. The number of nitrogens with zero attached hydrogens (tertiary/aromatic N) is 4. The highest BCUT2D eigenvalue weighted by molar-refractivity contribution is 6.10. The Balaban J connectivity index is 2.22. The standard InChI is InChI=1S/C29H26N4/c1-28(2,3)20-8-10-25-22(14-20)23-15-21(29(4,5)6)9-11-26(23)33(25)27-19(17-31)12-18(16-30)13-24(27)32-7/h8-15H,1-6H3. The molecule has 4 rings (SSSR count). The number of benzene rings is 3. The highest BCUT2D eigenvalue weighted by Crippen LogP contribution is 2.40. The number of hydrogen-bond donors (Lipinski definition) is 0. The first-order valence-corrected chi connectivity index (χ1v) is 10.9. The molecule has 4 aromatic rings. The number of hydrogen-bond acceptors (Lipinski definition) is 2. The minimum Gasteiger partial charge on any atom is -0.318 e. The van der Waals surface area contributed by atoms with E-state index in [0.29, 0.717) is 22.5 Å². The predicted octanol–water partition coefficient (Wildman–Crippen LogP) is 7.67. The van der Waals surface area contributed by atoms with Crippen LogP contribution in [0.4, 0.5) is 5.69 Å². The Morgan fingerprint density at radius 1 is 0.758 bits per heavy atom. The van der Waals surface area contributed by atoms with E-state index in [-0.39, 0.29) is 10.8 Å². The molecule has 4 nitrogen and oxygen atoms in total. The monoisotopic (exact) mass is 430 g/mol. The van der Waals surface area contributed by atoms with Gasteiger partial charge in [0.15, 0.2) is 0 Å². The van der Waals surface area contributed by atoms with Gasteiger partial charge >= 0.3 is 0 Å². The molecule has 0 saturated carbocycles. The molecule has 0 amide bonds. The van der Waals surface area contributed by atoms with Crippen LogP contribution in [0.1, 0.15) is 63.8 Å². The van der Waals surface area contributed by atoms with Crippen LogP contribution < -0.4 is 0 Å². The van der Waals surface area contributed by atoms with E-state index in [1.807, 2.05) is 4.57 Å². The molecule has 0 bridgehead atoms. The Morgan fingerprint density at radius 3 is 1.67 bits per heavy atom. The fourth-order valence-electron chi connectivity index (χ4n) is 4.29. The molecule has 1 heterocycles. The van der Waals surface area contributed by atoms with Crippen molar-refractivity contribution in [2.45, 2.75) is 52.4 Å². The summed E-state index contributed by atoms with van der Waals surface area (Å²) in [6.07, 6.45) is 0. The lowest BCUT2D eigenvalue weighted by molar-refractivity contribution is 0.590. The maximum absolute atomic E-state index is 9.93. The molecule has 0 unspecified atom stereocenters. The summed E-state index contributed by atoms with van der Waals surface area (Å²) in [5.74, 6) is 0. The maximum Gasteiger partial charge on any atom is 0.213 e. The van der Waals surface area contributed by atoms with E-state index < -0.39 is 0 Å².